The summed E-state index contributed by atoms with van der Waals surface area (Å²) in [5.74, 6) is -2.49. The highest BCUT2D eigenvalue weighted by Gasteiger charge is 2.28. The molecule has 0 N–H and O–H groups in total. The standard InChI is InChI=1S/C20H22F2N2O2/c1-23(20(25)18-17(26-2)9-8-16(21)19(18)22)12-14-10-11-24(13-14)15-6-4-3-5-7-15/h3-9,14H,10-13H2,1-2H3/t14-/m1/s1. The van der Waals surface area contributed by atoms with Gasteiger partial charge in [0.25, 0.3) is 5.91 Å². The second-order valence-corrected chi connectivity index (χ2v) is 6.56. The number of nitrogens with zero attached hydrogens (tertiary/aromatic N) is 2. The van der Waals surface area contributed by atoms with E-state index in [1.165, 1.54) is 18.1 Å². The van der Waals surface area contributed by atoms with Crippen LogP contribution in [-0.2, 0) is 0 Å². The molecule has 0 aromatic heterocycles. The number of anilines is 1. The summed E-state index contributed by atoms with van der Waals surface area (Å²) in [7, 11) is 2.94. The van der Waals surface area contributed by atoms with E-state index in [-0.39, 0.29) is 17.2 Å². The Balaban J connectivity index is 1.68. The van der Waals surface area contributed by atoms with E-state index < -0.39 is 17.5 Å². The van der Waals surface area contributed by atoms with Crippen LogP contribution in [0.15, 0.2) is 42.5 Å². The minimum absolute atomic E-state index is 0.0399. The van der Waals surface area contributed by atoms with E-state index in [0.717, 1.165) is 31.3 Å². The van der Waals surface area contributed by atoms with E-state index in [1.807, 2.05) is 18.2 Å². The van der Waals surface area contributed by atoms with Gasteiger partial charge in [-0.25, -0.2) is 8.78 Å². The van der Waals surface area contributed by atoms with Gasteiger partial charge in [0.2, 0.25) is 0 Å². The SMILES string of the molecule is COc1ccc(F)c(F)c1C(=O)N(C)C[C@H]1CCN(c2ccccc2)C1. The molecule has 138 valence electrons. The Morgan fingerprint density at radius 3 is 2.65 bits per heavy atom. The lowest BCUT2D eigenvalue weighted by atomic mass is 10.1. The largest absolute Gasteiger partial charge is 0.496 e. The molecule has 1 heterocycles. The minimum atomic E-state index is -1.17. The first-order chi connectivity index (χ1) is 12.5. The van der Waals surface area contributed by atoms with Crippen molar-refractivity contribution in [1.29, 1.82) is 0 Å². The first-order valence-corrected chi connectivity index (χ1v) is 8.58. The Hall–Kier alpha value is -2.63. The molecule has 3 rings (SSSR count). The highest BCUT2D eigenvalue weighted by molar-refractivity contribution is 5.97. The highest BCUT2D eigenvalue weighted by atomic mass is 19.2. The normalized spacial score (nSPS) is 16.6. The maximum absolute atomic E-state index is 14.1. The number of halogens is 2. The molecule has 0 spiro atoms. The van der Waals surface area contributed by atoms with Crippen LogP contribution >= 0.6 is 0 Å². The second-order valence-electron chi connectivity index (χ2n) is 6.56. The van der Waals surface area contributed by atoms with Crippen LogP contribution in [-0.4, -0.2) is 44.6 Å². The smallest absolute Gasteiger partial charge is 0.260 e. The third-order valence-corrected chi connectivity index (χ3v) is 4.78. The van der Waals surface area contributed by atoms with Crippen molar-refractivity contribution < 1.29 is 18.3 Å². The van der Waals surface area contributed by atoms with Crippen LogP contribution in [0.2, 0.25) is 0 Å². The number of rotatable bonds is 5. The summed E-state index contributed by atoms with van der Waals surface area (Å²) in [6.45, 7) is 2.21. The van der Waals surface area contributed by atoms with Crippen molar-refractivity contribution in [3.63, 3.8) is 0 Å². The number of para-hydroxylation sites is 1. The van der Waals surface area contributed by atoms with Crippen LogP contribution in [0, 0.1) is 17.6 Å². The minimum Gasteiger partial charge on any atom is -0.496 e. The summed E-state index contributed by atoms with van der Waals surface area (Å²) in [6, 6.07) is 12.3. The Labute approximate surface area is 152 Å². The molecule has 0 unspecified atom stereocenters. The van der Waals surface area contributed by atoms with E-state index in [1.54, 1.807) is 7.05 Å². The number of carbonyl (C=O) groups excluding carboxylic acids is 1. The first kappa shape index (κ1) is 18.2. The van der Waals surface area contributed by atoms with Crippen molar-refractivity contribution in [2.24, 2.45) is 5.92 Å². The summed E-state index contributed by atoms with van der Waals surface area (Å²) < 4.78 is 32.7. The predicted molar refractivity (Wildman–Crippen MR) is 96.6 cm³/mol. The molecule has 0 radical (unpaired) electrons. The summed E-state index contributed by atoms with van der Waals surface area (Å²) in [5.41, 5.74) is 0.801. The van der Waals surface area contributed by atoms with E-state index in [9.17, 15) is 13.6 Å². The lowest BCUT2D eigenvalue weighted by Gasteiger charge is -2.23. The van der Waals surface area contributed by atoms with Gasteiger partial charge in [0, 0.05) is 32.4 Å². The van der Waals surface area contributed by atoms with Crippen LogP contribution in [0.4, 0.5) is 14.5 Å². The van der Waals surface area contributed by atoms with Crippen LogP contribution in [0.25, 0.3) is 0 Å². The Morgan fingerprint density at radius 2 is 1.96 bits per heavy atom. The predicted octanol–water partition coefficient (Wildman–Crippen LogP) is 3.57. The van der Waals surface area contributed by atoms with Gasteiger partial charge in [-0.1, -0.05) is 18.2 Å². The van der Waals surface area contributed by atoms with Gasteiger partial charge in [-0.05, 0) is 36.6 Å². The number of hydrogen-bond acceptors (Lipinski definition) is 3. The molecule has 1 fully saturated rings. The number of carbonyl (C=O) groups is 1. The van der Waals surface area contributed by atoms with Crippen molar-refractivity contribution in [2.75, 3.05) is 38.7 Å². The molecule has 1 aliphatic heterocycles. The van der Waals surface area contributed by atoms with Crippen molar-refractivity contribution in [3.8, 4) is 5.75 Å². The number of benzene rings is 2. The molecule has 6 heteroatoms. The zero-order valence-corrected chi connectivity index (χ0v) is 14.9. The molecule has 1 atom stereocenters. The van der Waals surface area contributed by atoms with Crippen LogP contribution in [0.1, 0.15) is 16.8 Å². The van der Waals surface area contributed by atoms with Gasteiger partial charge in [-0.2, -0.15) is 0 Å². The molecule has 1 amide bonds. The summed E-state index contributed by atoms with van der Waals surface area (Å²) in [4.78, 5) is 16.4. The Bertz CT molecular complexity index is 783. The van der Waals surface area contributed by atoms with Crippen LogP contribution < -0.4 is 9.64 Å². The van der Waals surface area contributed by atoms with Gasteiger partial charge in [0.1, 0.15) is 11.3 Å². The van der Waals surface area contributed by atoms with E-state index in [2.05, 4.69) is 17.0 Å². The van der Waals surface area contributed by atoms with Gasteiger partial charge in [-0.3, -0.25) is 4.79 Å². The molecule has 26 heavy (non-hydrogen) atoms. The van der Waals surface area contributed by atoms with Gasteiger partial charge in [-0.15, -0.1) is 0 Å². The number of hydrogen-bond donors (Lipinski definition) is 0. The van der Waals surface area contributed by atoms with Gasteiger partial charge in [0.15, 0.2) is 11.6 Å². The molecule has 1 aliphatic rings. The van der Waals surface area contributed by atoms with Crippen molar-refractivity contribution >= 4 is 11.6 Å². The molecule has 2 aromatic rings. The van der Waals surface area contributed by atoms with Gasteiger partial charge < -0.3 is 14.5 Å². The molecular formula is C20H22F2N2O2. The molecule has 0 aliphatic carbocycles. The third-order valence-electron chi connectivity index (χ3n) is 4.78. The van der Waals surface area contributed by atoms with Gasteiger partial charge in [0.05, 0.1) is 7.11 Å². The fraction of sp³-hybridized carbons (Fsp3) is 0.350. The summed E-state index contributed by atoms with van der Waals surface area (Å²) in [5, 5.41) is 0. The topological polar surface area (TPSA) is 32.8 Å². The van der Waals surface area contributed by atoms with Crippen LogP contribution in [0.3, 0.4) is 0 Å². The van der Waals surface area contributed by atoms with Crippen LogP contribution in [0.5, 0.6) is 5.75 Å². The average Bonchev–Trinajstić information content (AvgIpc) is 3.12. The zero-order chi connectivity index (χ0) is 18.7. The Kier molecular flexibility index (Phi) is 5.40. The maximum Gasteiger partial charge on any atom is 0.260 e. The molecule has 2 aromatic carbocycles. The quantitative estimate of drug-likeness (QED) is 0.817. The van der Waals surface area contributed by atoms with E-state index >= 15 is 0 Å². The Morgan fingerprint density at radius 1 is 1.23 bits per heavy atom. The second kappa shape index (κ2) is 7.72. The fourth-order valence-electron chi connectivity index (χ4n) is 3.42. The zero-order valence-electron chi connectivity index (χ0n) is 14.9. The molecule has 4 nitrogen and oxygen atoms in total. The number of amides is 1. The monoisotopic (exact) mass is 360 g/mol. The van der Waals surface area contributed by atoms with Gasteiger partial charge >= 0.3 is 0 Å². The maximum atomic E-state index is 14.1. The highest BCUT2D eigenvalue weighted by Crippen LogP contribution is 2.27. The van der Waals surface area contributed by atoms with E-state index in [4.69, 9.17) is 4.74 Å². The first-order valence-electron chi connectivity index (χ1n) is 8.58. The number of ether oxygens (including phenoxy) is 1. The van der Waals surface area contributed by atoms with Crippen molar-refractivity contribution in [3.05, 3.63) is 59.7 Å². The molecular weight excluding hydrogens is 338 g/mol. The molecule has 0 bridgehead atoms. The average molecular weight is 360 g/mol. The third kappa shape index (κ3) is 3.64. The summed E-state index contributed by atoms with van der Waals surface area (Å²) in [6.07, 6.45) is 0.940. The van der Waals surface area contributed by atoms with E-state index in [0.29, 0.717) is 6.54 Å². The van der Waals surface area contributed by atoms with Crippen molar-refractivity contribution in [1.82, 2.24) is 4.90 Å². The number of methoxy groups -OCH3 is 1. The molecule has 0 saturated carbocycles. The fourth-order valence-corrected chi connectivity index (χ4v) is 3.42. The summed E-state index contributed by atoms with van der Waals surface area (Å²) >= 11 is 0. The molecule has 1 saturated heterocycles. The van der Waals surface area contributed by atoms with Crippen molar-refractivity contribution in [2.45, 2.75) is 6.42 Å². The lowest BCUT2D eigenvalue weighted by Crippen LogP contribution is -2.34. The lowest BCUT2D eigenvalue weighted by molar-refractivity contribution is 0.0767.